The molecular weight excluding hydrogens is 243 g/mol. The van der Waals surface area contributed by atoms with Gasteiger partial charge in [-0.3, -0.25) is 8.91 Å². The molecule has 0 fully saturated rings. The lowest BCUT2D eigenvalue weighted by molar-refractivity contribution is 0.0996. The highest BCUT2D eigenvalue weighted by atomic mass is 127. The Morgan fingerprint density at radius 2 is 2.40 bits per heavy atom. The van der Waals surface area contributed by atoms with Crippen molar-refractivity contribution in [2.45, 2.75) is 32.9 Å². The highest BCUT2D eigenvalue weighted by molar-refractivity contribution is 14.2. The summed E-state index contributed by atoms with van der Waals surface area (Å²) in [5.74, 6) is 5.29. The van der Waals surface area contributed by atoms with Crippen molar-refractivity contribution in [3.63, 3.8) is 0 Å². The van der Waals surface area contributed by atoms with E-state index in [9.17, 15) is 0 Å². The molecule has 0 aromatic heterocycles. The molecule has 62 valence electrons. The monoisotopic (exact) mass is 258 g/mol. The van der Waals surface area contributed by atoms with Crippen molar-refractivity contribution in [2.24, 2.45) is 5.84 Å². The SMILES string of the molecule is CC=IOC(C)(CC)NN. The van der Waals surface area contributed by atoms with E-state index in [2.05, 4.69) is 9.44 Å². The first-order valence-corrected chi connectivity index (χ1v) is 5.38. The summed E-state index contributed by atoms with van der Waals surface area (Å²) in [6.45, 7) is 6.00. The molecule has 0 spiro atoms. The highest BCUT2D eigenvalue weighted by Crippen LogP contribution is 2.16. The van der Waals surface area contributed by atoms with Crippen LogP contribution < -0.4 is 11.3 Å². The van der Waals surface area contributed by atoms with E-state index in [1.807, 2.05) is 20.8 Å². The minimum absolute atomic E-state index is 0.242. The summed E-state index contributed by atoms with van der Waals surface area (Å²) >= 11 is -0.242. The molecule has 3 N–H and O–H groups in total. The third-order valence-corrected chi connectivity index (χ3v) is 3.02. The van der Waals surface area contributed by atoms with Gasteiger partial charge in [-0.2, -0.15) is 0 Å². The first-order chi connectivity index (χ1) is 4.68. The Bertz CT molecular complexity index is 112. The Morgan fingerprint density at radius 1 is 1.80 bits per heavy atom. The smallest absolute Gasteiger partial charge is 0.139 e. The van der Waals surface area contributed by atoms with E-state index in [0.717, 1.165) is 6.42 Å². The molecule has 4 heteroatoms. The van der Waals surface area contributed by atoms with E-state index >= 15 is 0 Å². The fourth-order valence-electron chi connectivity index (χ4n) is 0.322. The normalized spacial score (nSPS) is 18.4. The fourth-order valence-corrected chi connectivity index (χ4v) is 1.58. The number of nitrogens with one attached hydrogen (secondary N) is 1. The summed E-state index contributed by atoms with van der Waals surface area (Å²) in [5.41, 5.74) is 2.33. The molecule has 0 amide bonds. The summed E-state index contributed by atoms with van der Waals surface area (Å²) in [6.07, 6.45) is 0.886. The van der Waals surface area contributed by atoms with Crippen LogP contribution in [0.4, 0.5) is 0 Å². The quantitative estimate of drug-likeness (QED) is 0.346. The molecule has 0 aliphatic heterocycles. The van der Waals surface area contributed by atoms with Gasteiger partial charge in [0.15, 0.2) is 0 Å². The number of hydrogen-bond donors (Lipinski definition) is 2. The van der Waals surface area contributed by atoms with Crippen LogP contribution in [0.15, 0.2) is 0 Å². The molecule has 0 heterocycles. The Hall–Kier alpha value is 0.480. The van der Waals surface area contributed by atoms with Crippen molar-refractivity contribution in [3.8, 4) is 0 Å². The van der Waals surface area contributed by atoms with Gasteiger partial charge >= 0.3 is 0 Å². The average molecular weight is 258 g/mol. The molecule has 10 heavy (non-hydrogen) atoms. The van der Waals surface area contributed by atoms with Crippen LogP contribution >= 0.6 is 21.1 Å². The molecule has 1 unspecified atom stereocenters. The molecule has 3 nitrogen and oxygen atoms in total. The molecule has 0 bridgehead atoms. The molecule has 0 aliphatic rings. The minimum Gasteiger partial charge on any atom is -0.299 e. The van der Waals surface area contributed by atoms with Crippen LogP contribution in [0.3, 0.4) is 0 Å². The first-order valence-electron chi connectivity index (χ1n) is 3.25. The zero-order valence-electron chi connectivity index (χ0n) is 6.65. The molecule has 0 aromatic carbocycles. The Kier molecular flexibility index (Phi) is 5.42. The summed E-state index contributed by atoms with van der Waals surface area (Å²) < 4.78 is 7.56. The first kappa shape index (κ1) is 10.5. The van der Waals surface area contributed by atoms with E-state index in [1.54, 1.807) is 0 Å². The second-order valence-electron chi connectivity index (χ2n) is 2.11. The standard InChI is InChI=1S/C6H15IN2O/c1-4-6(3,9-8)10-7-5-2/h5,9H,4,8H2,1-3H3. The molecule has 1 atom stereocenters. The third-order valence-electron chi connectivity index (χ3n) is 1.28. The van der Waals surface area contributed by atoms with Crippen molar-refractivity contribution in [1.82, 2.24) is 5.43 Å². The van der Waals surface area contributed by atoms with Gasteiger partial charge in [0.05, 0.1) is 0 Å². The van der Waals surface area contributed by atoms with Gasteiger partial charge in [-0.1, -0.05) is 6.92 Å². The van der Waals surface area contributed by atoms with Crippen molar-refractivity contribution < 1.29 is 3.07 Å². The van der Waals surface area contributed by atoms with E-state index in [-0.39, 0.29) is 26.9 Å². The number of hydrazine groups is 1. The number of halogens is 1. The largest absolute Gasteiger partial charge is 0.299 e. The van der Waals surface area contributed by atoms with Crippen LogP contribution in [0.25, 0.3) is 0 Å². The van der Waals surface area contributed by atoms with Crippen LogP contribution in [0.2, 0.25) is 0 Å². The van der Waals surface area contributed by atoms with Crippen LogP contribution in [0.5, 0.6) is 0 Å². The predicted molar refractivity (Wildman–Crippen MR) is 52.9 cm³/mol. The van der Waals surface area contributed by atoms with E-state index in [0.29, 0.717) is 0 Å². The molecule has 0 saturated heterocycles. The van der Waals surface area contributed by atoms with Crippen molar-refractivity contribution >= 4 is 25.2 Å². The maximum Gasteiger partial charge on any atom is 0.139 e. The summed E-state index contributed by atoms with van der Waals surface area (Å²) in [4.78, 5) is 0. The molecule has 0 aromatic rings. The molecule has 0 rings (SSSR count). The average Bonchev–Trinajstić information content (AvgIpc) is 2.00. The zero-order chi connectivity index (χ0) is 8.04. The lowest BCUT2D eigenvalue weighted by Gasteiger charge is -2.24. The zero-order valence-corrected chi connectivity index (χ0v) is 8.81. The maximum atomic E-state index is 5.50. The molecule has 0 saturated carbocycles. The van der Waals surface area contributed by atoms with Gasteiger partial charge in [0, 0.05) is 21.1 Å². The van der Waals surface area contributed by atoms with Crippen LogP contribution in [-0.4, -0.2) is 9.74 Å². The van der Waals surface area contributed by atoms with Gasteiger partial charge in [-0.25, -0.2) is 5.43 Å². The minimum atomic E-state index is -0.320. The number of hydrogen-bond acceptors (Lipinski definition) is 3. The number of rotatable bonds is 4. The summed E-state index contributed by atoms with van der Waals surface area (Å²) in [5, 5.41) is 0. The lowest BCUT2D eigenvalue weighted by atomic mass is 10.2. The van der Waals surface area contributed by atoms with Crippen molar-refractivity contribution in [2.75, 3.05) is 0 Å². The van der Waals surface area contributed by atoms with Crippen molar-refractivity contribution in [3.05, 3.63) is 0 Å². The predicted octanol–water partition coefficient (Wildman–Crippen LogP) is 1.30. The summed E-state index contributed by atoms with van der Waals surface area (Å²) in [7, 11) is 0. The van der Waals surface area contributed by atoms with Crippen LogP contribution in [-0.2, 0) is 3.07 Å². The fraction of sp³-hybridized carbons (Fsp3) is 0.833. The van der Waals surface area contributed by atoms with E-state index in [1.165, 1.54) is 0 Å². The second-order valence-corrected chi connectivity index (χ2v) is 4.31. The van der Waals surface area contributed by atoms with Gasteiger partial charge in [-0.05, 0) is 24.3 Å². The second kappa shape index (κ2) is 5.17. The molecular formula is C6H15IN2O. The Morgan fingerprint density at radius 3 is 2.70 bits per heavy atom. The third kappa shape index (κ3) is 3.60. The van der Waals surface area contributed by atoms with E-state index < -0.39 is 0 Å². The van der Waals surface area contributed by atoms with Crippen molar-refractivity contribution in [1.29, 1.82) is 0 Å². The Labute approximate surface area is 72.6 Å². The molecule has 0 radical (unpaired) electrons. The maximum absolute atomic E-state index is 5.50. The lowest BCUT2D eigenvalue weighted by Crippen LogP contribution is -2.46. The van der Waals surface area contributed by atoms with Gasteiger partial charge in [-0.15, -0.1) is 0 Å². The molecule has 0 aliphatic carbocycles. The van der Waals surface area contributed by atoms with Gasteiger partial charge < -0.3 is 0 Å². The van der Waals surface area contributed by atoms with Crippen LogP contribution in [0, 0.1) is 0 Å². The van der Waals surface area contributed by atoms with Gasteiger partial charge in [0.1, 0.15) is 5.72 Å². The topological polar surface area (TPSA) is 47.3 Å². The van der Waals surface area contributed by atoms with E-state index in [4.69, 9.17) is 8.91 Å². The van der Waals surface area contributed by atoms with Gasteiger partial charge in [0.25, 0.3) is 0 Å². The van der Waals surface area contributed by atoms with Gasteiger partial charge in [0.2, 0.25) is 0 Å². The summed E-state index contributed by atoms with van der Waals surface area (Å²) in [6, 6.07) is 0. The Balaban J connectivity index is 3.80. The number of nitrogens with two attached hydrogens (primary N) is 1. The van der Waals surface area contributed by atoms with Crippen LogP contribution in [0.1, 0.15) is 27.2 Å². The highest BCUT2D eigenvalue weighted by Gasteiger charge is 2.18.